The molecule has 0 unspecified atom stereocenters. The van der Waals surface area contributed by atoms with E-state index in [0.29, 0.717) is 5.89 Å². The van der Waals surface area contributed by atoms with Gasteiger partial charge in [-0.3, -0.25) is 4.57 Å². The molecule has 0 aliphatic rings. The van der Waals surface area contributed by atoms with Crippen LogP contribution in [0.2, 0.25) is 0 Å². The lowest BCUT2D eigenvalue weighted by atomic mass is 10.2. The van der Waals surface area contributed by atoms with E-state index >= 15 is 0 Å². The van der Waals surface area contributed by atoms with Gasteiger partial charge in [0.25, 0.3) is 0 Å². The minimum absolute atomic E-state index is 0.635. The van der Waals surface area contributed by atoms with Gasteiger partial charge in [-0.05, 0) is 71.5 Å². The second kappa shape index (κ2) is 5.20. The number of nitrogens with zero attached hydrogens (tertiary/aromatic N) is 4. The van der Waals surface area contributed by atoms with Gasteiger partial charge in [-0.2, -0.15) is 0 Å². The summed E-state index contributed by atoms with van der Waals surface area (Å²) in [4.78, 5) is 4.62. The zero-order chi connectivity index (χ0) is 15.1. The minimum atomic E-state index is 0.635. The fourth-order valence-corrected chi connectivity index (χ4v) is 2.74. The van der Waals surface area contributed by atoms with E-state index in [9.17, 15) is 0 Å². The summed E-state index contributed by atoms with van der Waals surface area (Å²) < 4.78 is 8.98. The Labute approximate surface area is 140 Å². The molecule has 2 aromatic carbocycles. The van der Waals surface area contributed by atoms with Crippen LogP contribution in [0.3, 0.4) is 0 Å². The molecule has 0 spiro atoms. The molecular formula is C16H11IN4O. The maximum Gasteiger partial charge on any atom is 0.227 e. The summed E-state index contributed by atoms with van der Waals surface area (Å²) in [6, 6.07) is 12.1. The lowest BCUT2D eigenvalue weighted by Crippen LogP contribution is -1.91. The van der Waals surface area contributed by atoms with Crippen LogP contribution in [0.15, 0.2) is 53.5 Å². The quantitative estimate of drug-likeness (QED) is 0.476. The third-order valence-corrected chi connectivity index (χ3v) is 4.19. The first-order chi connectivity index (χ1) is 10.7. The van der Waals surface area contributed by atoms with Crippen molar-refractivity contribution in [3.8, 4) is 17.1 Å². The highest BCUT2D eigenvalue weighted by molar-refractivity contribution is 14.1. The molecule has 5 nitrogen and oxygen atoms in total. The smallest absolute Gasteiger partial charge is 0.227 e. The van der Waals surface area contributed by atoms with E-state index in [0.717, 1.165) is 27.9 Å². The number of aryl methyl sites for hydroxylation is 1. The predicted octanol–water partition coefficient (Wildman–Crippen LogP) is 3.99. The Kier molecular flexibility index (Phi) is 3.18. The molecule has 0 radical (unpaired) electrons. The third kappa shape index (κ3) is 2.29. The number of oxazole rings is 1. The van der Waals surface area contributed by atoms with Gasteiger partial charge < -0.3 is 4.42 Å². The topological polar surface area (TPSA) is 56.7 Å². The minimum Gasteiger partial charge on any atom is -0.436 e. The molecule has 22 heavy (non-hydrogen) atoms. The van der Waals surface area contributed by atoms with E-state index in [4.69, 9.17) is 4.42 Å². The Morgan fingerprint density at radius 2 is 1.77 bits per heavy atom. The van der Waals surface area contributed by atoms with Gasteiger partial charge in [0.15, 0.2) is 5.58 Å². The molecule has 4 rings (SSSR count). The van der Waals surface area contributed by atoms with Crippen LogP contribution in [0.1, 0.15) is 5.56 Å². The Bertz CT molecular complexity index is 942. The van der Waals surface area contributed by atoms with Gasteiger partial charge in [0, 0.05) is 9.13 Å². The Morgan fingerprint density at radius 3 is 2.50 bits per heavy atom. The fourth-order valence-electron chi connectivity index (χ4n) is 2.38. The lowest BCUT2D eigenvalue weighted by Gasteiger charge is -2.02. The molecule has 0 aliphatic carbocycles. The highest BCUT2D eigenvalue weighted by atomic mass is 127. The molecule has 0 aliphatic heterocycles. The zero-order valence-electron chi connectivity index (χ0n) is 11.7. The predicted molar refractivity (Wildman–Crippen MR) is 91.8 cm³/mol. The van der Waals surface area contributed by atoms with Crippen LogP contribution in [0.5, 0.6) is 0 Å². The monoisotopic (exact) mass is 402 g/mol. The molecule has 0 saturated heterocycles. The Morgan fingerprint density at radius 1 is 1.05 bits per heavy atom. The number of aromatic nitrogens is 4. The van der Waals surface area contributed by atoms with Gasteiger partial charge in [-0.15, -0.1) is 10.2 Å². The molecule has 6 heteroatoms. The van der Waals surface area contributed by atoms with E-state index in [-0.39, 0.29) is 0 Å². The standard InChI is InChI=1S/C16H11IN4O/c1-10-6-13(21-8-18-19-9-21)7-14-15(10)22-16(20-14)11-2-4-12(17)5-3-11/h2-9H,1H3. The average Bonchev–Trinajstić information content (AvgIpc) is 3.17. The fraction of sp³-hybridized carbons (Fsp3) is 0.0625. The molecule has 0 saturated carbocycles. The highest BCUT2D eigenvalue weighted by Gasteiger charge is 2.12. The van der Waals surface area contributed by atoms with Crippen LogP contribution >= 0.6 is 22.6 Å². The first-order valence-corrected chi connectivity index (χ1v) is 7.81. The largest absolute Gasteiger partial charge is 0.436 e. The summed E-state index contributed by atoms with van der Waals surface area (Å²) >= 11 is 2.28. The second-order valence-electron chi connectivity index (χ2n) is 5.01. The third-order valence-electron chi connectivity index (χ3n) is 3.47. The van der Waals surface area contributed by atoms with Gasteiger partial charge in [-0.25, -0.2) is 4.98 Å². The number of halogens is 1. The van der Waals surface area contributed by atoms with Gasteiger partial charge in [0.1, 0.15) is 18.2 Å². The van der Waals surface area contributed by atoms with E-state index < -0.39 is 0 Å². The number of hydrogen-bond donors (Lipinski definition) is 0. The first-order valence-electron chi connectivity index (χ1n) is 6.73. The normalized spacial score (nSPS) is 11.2. The molecule has 0 fully saturated rings. The maximum atomic E-state index is 5.94. The summed E-state index contributed by atoms with van der Waals surface area (Å²) in [6.07, 6.45) is 3.33. The average molecular weight is 402 g/mol. The van der Waals surface area contributed by atoms with Crippen molar-refractivity contribution in [3.05, 3.63) is 58.2 Å². The number of rotatable bonds is 2. The zero-order valence-corrected chi connectivity index (χ0v) is 13.9. The van der Waals surface area contributed by atoms with Gasteiger partial charge in [-0.1, -0.05) is 0 Å². The van der Waals surface area contributed by atoms with Crippen molar-refractivity contribution in [3.63, 3.8) is 0 Å². The van der Waals surface area contributed by atoms with Gasteiger partial charge in [0.05, 0.1) is 5.69 Å². The molecule has 108 valence electrons. The molecule has 2 aromatic heterocycles. The van der Waals surface area contributed by atoms with E-state index in [1.807, 2.05) is 47.9 Å². The summed E-state index contributed by atoms with van der Waals surface area (Å²) in [5.41, 5.74) is 4.62. The van der Waals surface area contributed by atoms with Crippen LogP contribution in [0, 0.1) is 10.5 Å². The van der Waals surface area contributed by atoms with Gasteiger partial charge >= 0.3 is 0 Å². The lowest BCUT2D eigenvalue weighted by molar-refractivity contribution is 0.617. The van der Waals surface area contributed by atoms with Crippen molar-refractivity contribution >= 4 is 33.7 Å². The SMILES string of the molecule is Cc1cc(-n2cnnc2)cc2nc(-c3ccc(I)cc3)oc12. The number of benzene rings is 2. The van der Waals surface area contributed by atoms with Crippen molar-refractivity contribution in [1.82, 2.24) is 19.7 Å². The number of fused-ring (bicyclic) bond motifs is 1. The van der Waals surface area contributed by atoms with Crippen molar-refractivity contribution < 1.29 is 4.42 Å². The van der Waals surface area contributed by atoms with E-state index in [1.165, 1.54) is 3.57 Å². The summed E-state index contributed by atoms with van der Waals surface area (Å²) in [7, 11) is 0. The van der Waals surface area contributed by atoms with Crippen molar-refractivity contribution in [2.45, 2.75) is 6.92 Å². The van der Waals surface area contributed by atoms with Crippen LogP contribution in [-0.4, -0.2) is 19.7 Å². The number of hydrogen-bond acceptors (Lipinski definition) is 4. The molecule has 2 heterocycles. The highest BCUT2D eigenvalue weighted by Crippen LogP contribution is 2.28. The molecule has 0 N–H and O–H groups in total. The molecule has 0 atom stereocenters. The molecule has 0 bridgehead atoms. The maximum absolute atomic E-state index is 5.94. The molecular weight excluding hydrogens is 391 g/mol. The molecule has 0 amide bonds. The van der Waals surface area contributed by atoms with Crippen LogP contribution < -0.4 is 0 Å². The summed E-state index contributed by atoms with van der Waals surface area (Å²) in [5.74, 6) is 0.635. The Hall–Kier alpha value is -2.22. The van der Waals surface area contributed by atoms with Gasteiger partial charge in [0.2, 0.25) is 5.89 Å². The van der Waals surface area contributed by atoms with Crippen molar-refractivity contribution in [1.29, 1.82) is 0 Å². The molecule has 4 aromatic rings. The van der Waals surface area contributed by atoms with Crippen LogP contribution in [-0.2, 0) is 0 Å². The van der Waals surface area contributed by atoms with Crippen LogP contribution in [0.4, 0.5) is 0 Å². The second-order valence-corrected chi connectivity index (χ2v) is 6.25. The van der Waals surface area contributed by atoms with Crippen molar-refractivity contribution in [2.24, 2.45) is 0 Å². The summed E-state index contributed by atoms with van der Waals surface area (Å²) in [5, 5.41) is 7.68. The van der Waals surface area contributed by atoms with Crippen molar-refractivity contribution in [2.75, 3.05) is 0 Å². The first kappa shape index (κ1) is 13.4. The van der Waals surface area contributed by atoms with E-state index in [1.54, 1.807) is 12.7 Å². The Balaban J connectivity index is 1.87. The van der Waals surface area contributed by atoms with Crippen LogP contribution in [0.25, 0.3) is 28.2 Å². The van der Waals surface area contributed by atoms with E-state index in [2.05, 4.69) is 37.8 Å². The summed E-state index contributed by atoms with van der Waals surface area (Å²) in [6.45, 7) is 2.01.